The topological polar surface area (TPSA) is 78.4 Å². The molecule has 5 nitrogen and oxygen atoms in total. The molecule has 5 heteroatoms. The number of carbonyl (C=O) groups excluding carboxylic acids is 1. The number of nitrogens with one attached hydrogen (secondary N) is 2. The second-order valence-electron chi connectivity index (χ2n) is 7.50. The van der Waals surface area contributed by atoms with Gasteiger partial charge in [0.15, 0.2) is 0 Å². The van der Waals surface area contributed by atoms with Crippen LogP contribution in [-0.2, 0) is 4.79 Å². The predicted octanol–water partition coefficient (Wildman–Crippen LogP) is 3.00. The molecule has 21 heavy (non-hydrogen) atoms. The van der Waals surface area contributed by atoms with Gasteiger partial charge in [0.2, 0.25) is 0 Å². The summed E-state index contributed by atoms with van der Waals surface area (Å²) in [6, 6.07) is -0.629. The summed E-state index contributed by atoms with van der Waals surface area (Å²) in [5, 5.41) is 14.7. The average Bonchev–Trinajstić information content (AvgIpc) is 2.36. The molecule has 0 heterocycles. The van der Waals surface area contributed by atoms with Crippen LogP contribution in [0.1, 0.15) is 59.8 Å². The fourth-order valence-electron chi connectivity index (χ4n) is 2.73. The summed E-state index contributed by atoms with van der Waals surface area (Å²) in [6.45, 7) is 8.76. The van der Waals surface area contributed by atoms with Gasteiger partial charge in [0, 0.05) is 12.6 Å². The van der Waals surface area contributed by atoms with Crippen LogP contribution in [0, 0.1) is 17.3 Å². The van der Waals surface area contributed by atoms with Gasteiger partial charge in [-0.3, -0.25) is 4.79 Å². The maximum Gasteiger partial charge on any atom is 0.315 e. The van der Waals surface area contributed by atoms with E-state index in [1.807, 2.05) is 20.8 Å². The number of hydrogen-bond acceptors (Lipinski definition) is 2. The van der Waals surface area contributed by atoms with Gasteiger partial charge in [-0.05, 0) is 30.1 Å². The molecule has 1 atom stereocenters. The minimum atomic E-state index is -0.892. The third kappa shape index (κ3) is 6.82. The van der Waals surface area contributed by atoms with E-state index in [1.54, 1.807) is 0 Å². The van der Waals surface area contributed by atoms with Crippen molar-refractivity contribution in [2.24, 2.45) is 17.3 Å². The zero-order valence-corrected chi connectivity index (χ0v) is 13.7. The fraction of sp³-hybridized carbons (Fsp3) is 0.875. The van der Waals surface area contributed by atoms with Gasteiger partial charge in [-0.15, -0.1) is 0 Å². The predicted molar refractivity (Wildman–Crippen MR) is 83.2 cm³/mol. The van der Waals surface area contributed by atoms with E-state index in [-0.39, 0.29) is 23.9 Å². The zero-order valence-electron chi connectivity index (χ0n) is 13.7. The molecule has 1 aliphatic rings. The third-order valence-corrected chi connectivity index (χ3v) is 4.42. The normalized spacial score (nSPS) is 24.2. The van der Waals surface area contributed by atoms with Crippen molar-refractivity contribution < 1.29 is 14.7 Å². The summed E-state index contributed by atoms with van der Waals surface area (Å²) in [5.41, 5.74) is -0.282. The molecule has 0 aromatic rings. The van der Waals surface area contributed by atoms with Crippen molar-refractivity contribution in [3.8, 4) is 0 Å². The van der Waals surface area contributed by atoms with Gasteiger partial charge in [-0.2, -0.15) is 0 Å². The number of carboxylic acid groups (broad SMARTS) is 1. The Morgan fingerprint density at radius 1 is 1.19 bits per heavy atom. The number of rotatable bonds is 5. The average molecular weight is 298 g/mol. The second-order valence-corrected chi connectivity index (χ2v) is 7.50. The van der Waals surface area contributed by atoms with Crippen molar-refractivity contribution in [2.75, 3.05) is 6.54 Å². The van der Waals surface area contributed by atoms with Crippen molar-refractivity contribution in [2.45, 2.75) is 65.8 Å². The van der Waals surface area contributed by atoms with E-state index in [9.17, 15) is 9.59 Å². The number of urea groups is 1. The van der Waals surface area contributed by atoms with Gasteiger partial charge in [-0.1, -0.05) is 40.5 Å². The summed E-state index contributed by atoms with van der Waals surface area (Å²) in [5.74, 6) is 0.465. The fourth-order valence-corrected chi connectivity index (χ4v) is 2.73. The minimum absolute atomic E-state index is 0.0577. The van der Waals surface area contributed by atoms with E-state index in [1.165, 1.54) is 25.7 Å². The van der Waals surface area contributed by atoms with E-state index in [4.69, 9.17) is 5.11 Å². The standard InChI is InChI=1S/C16H30N2O3/c1-11-5-7-12(8-6-11)10-17-15(21)18-13(9-14(19)20)16(2,3)4/h11-13H,5-10H2,1-4H3,(H,19,20)(H2,17,18,21). The molecular formula is C16H30N2O3. The van der Waals surface area contributed by atoms with Gasteiger partial charge in [0.1, 0.15) is 0 Å². The molecule has 3 N–H and O–H groups in total. The Kier molecular flexibility index (Phi) is 6.49. The first-order chi connectivity index (χ1) is 9.68. The van der Waals surface area contributed by atoms with Crippen molar-refractivity contribution >= 4 is 12.0 Å². The first-order valence-electron chi connectivity index (χ1n) is 7.94. The number of carboxylic acids is 1. The lowest BCUT2D eigenvalue weighted by Gasteiger charge is -2.31. The Morgan fingerprint density at radius 2 is 1.76 bits per heavy atom. The van der Waals surface area contributed by atoms with Crippen LogP contribution in [0.5, 0.6) is 0 Å². The minimum Gasteiger partial charge on any atom is -0.481 e. The van der Waals surface area contributed by atoms with Gasteiger partial charge < -0.3 is 15.7 Å². The molecule has 1 saturated carbocycles. The molecule has 1 unspecified atom stereocenters. The van der Waals surface area contributed by atoms with Crippen LogP contribution in [-0.4, -0.2) is 29.7 Å². The monoisotopic (exact) mass is 298 g/mol. The highest BCUT2D eigenvalue weighted by Crippen LogP contribution is 2.27. The Bertz CT molecular complexity index is 355. The Morgan fingerprint density at radius 3 is 2.24 bits per heavy atom. The van der Waals surface area contributed by atoms with Crippen molar-refractivity contribution in [1.82, 2.24) is 10.6 Å². The van der Waals surface area contributed by atoms with Gasteiger partial charge >= 0.3 is 12.0 Å². The first-order valence-corrected chi connectivity index (χ1v) is 7.94. The molecule has 1 aliphatic carbocycles. The maximum absolute atomic E-state index is 12.0. The third-order valence-electron chi connectivity index (χ3n) is 4.42. The molecule has 1 rings (SSSR count). The van der Waals surface area contributed by atoms with Gasteiger partial charge in [0.05, 0.1) is 6.42 Å². The lowest BCUT2D eigenvalue weighted by molar-refractivity contribution is -0.138. The van der Waals surface area contributed by atoms with Crippen LogP contribution >= 0.6 is 0 Å². The van der Waals surface area contributed by atoms with Crippen molar-refractivity contribution in [3.63, 3.8) is 0 Å². The quantitative estimate of drug-likeness (QED) is 0.730. The summed E-state index contributed by atoms with van der Waals surface area (Å²) in [4.78, 5) is 22.9. The van der Waals surface area contributed by atoms with Crippen LogP contribution < -0.4 is 10.6 Å². The number of carbonyl (C=O) groups is 2. The van der Waals surface area contributed by atoms with E-state index in [0.717, 1.165) is 5.92 Å². The van der Waals surface area contributed by atoms with Crippen LogP contribution in [0.4, 0.5) is 4.79 Å². The maximum atomic E-state index is 12.0. The summed E-state index contributed by atoms with van der Waals surface area (Å²) < 4.78 is 0. The summed E-state index contributed by atoms with van der Waals surface area (Å²) in [7, 11) is 0. The highest BCUT2D eigenvalue weighted by atomic mass is 16.4. The van der Waals surface area contributed by atoms with Gasteiger partial charge in [-0.25, -0.2) is 4.79 Å². The Hall–Kier alpha value is -1.26. The number of aliphatic carboxylic acids is 1. The molecule has 0 bridgehead atoms. The molecule has 0 aliphatic heterocycles. The highest BCUT2D eigenvalue weighted by molar-refractivity contribution is 5.75. The van der Waals surface area contributed by atoms with E-state index < -0.39 is 5.97 Å². The van der Waals surface area contributed by atoms with Crippen LogP contribution in [0.25, 0.3) is 0 Å². The van der Waals surface area contributed by atoms with Crippen LogP contribution in [0.15, 0.2) is 0 Å². The number of hydrogen-bond donors (Lipinski definition) is 3. The lowest BCUT2D eigenvalue weighted by atomic mass is 9.83. The Balaban J connectivity index is 2.38. The second kappa shape index (κ2) is 7.66. The lowest BCUT2D eigenvalue weighted by Crippen LogP contribution is -2.49. The van der Waals surface area contributed by atoms with Gasteiger partial charge in [0.25, 0.3) is 0 Å². The van der Waals surface area contributed by atoms with E-state index >= 15 is 0 Å². The molecule has 0 radical (unpaired) electrons. The molecule has 0 spiro atoms. The SMILES string of the molecule is CC1CCC(CNC(=O)NC(CC(=O)O)C(C)(C)C)CC1. The molecule has 0 aromatic carbocycles. The zero-order chi connectivity index (χ0) is 16.0. The molecular weight excluding hydrogens is 268 g/mol. The smallest absolute Gasteiger partial charge is 0.315 e. The number of amides is 2. The van der Waals surface area contributed by atoms with E-state index in [0.29, 0.717) is 12.5 Å². The first kappa shape index (κ1) is 17.8. The van der Waals surface area contributed by atoms with Crippen molar-refractivity contribution in [3.05, 3.63) is 0 Å². The molecule has 2 amide bonds. The van der Waals surface area contributed by atoms with Crippen molar-refractivity contribution in [1.29, 1.82) is 0 Å². The molecule has 122 valence electrons. The molecule has 0 aromatic heterocycles. The largest absolute Gasteiger partial charge is 0.481 e. The van der Waals surface area contributed by atoms with Crippen LogP contribution in [0.2, 0.25) is 0 Å². The van der Waals surface area contributed by atoms with Crippen LogP contribution in [0.3, 0.4) is 0 Å². The summed E-state index contributed by atoms with van der Waals surface area (Å²) >= 11 is 0. The molecule has 0 saturated heterocycles. The molecule has 1 fully saturated rings. The highest BCUT2D eigenvalue weighted by Gasteiger charge is 2.28. The van der Waals surface area contributed by atoms with E-state index in [2.05, 4.69) is 17.6 Å². The Labute approximate surface area is 127 Å². The summed E-state index contributed by atoms with van der Waals surface area (Å²) in [6.07, 6.45) is 4.74.